The van der Waals surface area contributed by atoms with Crippen LogP contribution in [0.3, 0.4) is 0 Å². The Hall–Kier alpha value is -1.24. The zero-order valence-corrected chi connectivity index (χ0v) is 10.5. The lowest BCUT2D eigenvalue weighted by Crippen LogP contribution is -2.34. The lowest BCUT2D eigenvalue weighted by Gasteiger charge is -2.23. The minimum atomic E-state index is -3.75. The third-order valence-corrected chi connectivity index (χ3v) is 4.79. The van der Waals surface area contributed by atoms with Gasteiger partial charge in [-0.1, -0.05) is 18.2 Å². The van der Waals surface area contributed by atoms with Gasteiger partial charge in [0.05, 0.1) is 11.5 Å². The van der Waals surface area contributed by atoms with Gasteiger partial charge in [0.2, 0.25) is 10.0 Å². The Kier molecular flexibility index (Phi) is 3.79. The van der Waals surface area contributed by atoms with Crippen LogP contribution in [0.25, 0.3) is 0 Å². The van der Waals surface area contributed by atoms with Gasteiger partial charge in [0.1, 0.15) is 5.82 Å². The predicted molar refractivity (Wildman–Crippen MR) is 64.8 cm³/mol. The van der Waals surface area contributed by atoms with Crippen LogP contribution in [0, 0.1) is 5.82 Å². The van der Waals surface area contributed by atoms with Crippen LogP contribution in [0.2, 0.25) is 0 Å². The second kappa shape index (κ2) is 5.17. The highest BCUT2D eigenvalue weighted by atomic mass is 32.2. The SMILES string of the molecule is O=S(=O)(c1cc(F)ccc1CO)N1CC=CCC1. The maximum Gasteiger partial charge on any atom is 0.243 e. The molecule has 1 aliphatic heterocycles. The van der Waals surface area contributed by atoms with Gasteiger partial charge < -0.3 is 5.11 Å². The number of benzene rings is 1. The number of hydrogen-bond donors (Lipinski definition) is 1. The number of halogens is 1. The zero-order valence-electron chi connectivity index (χ0n) is 9.71. The number of rotatable bonds is 3. The van der Waals surface area contributed by atoms with Crippen molar-refractivity contribution in [3.05, 3.63) is 41.7 Å². The highest BCUT2D eigenvalue weighted by Crippen LogP contribution is 2.23. The van der Waals surface area contributed by atoms with Crippen molar-refractivity contribution in [2.45, 2.75) is 17.9 Å². The highest BCUT2D eigenvalue weighted by molar-refractivity contribution is 7.89. The molecule has 0 aliphatic carbocycles. The molecular weight excluding hydrogens is 257 g/mol. The monoisotopic (exact) mass is 271 g/mol. The number of hydrogen-bond acceptors (Lipinski definition) is 3. The van der Waals surface area contributed by atoms with Gasteiger partial charge in [0, 0.05) is 13.1 Å². The van der Waals surface area contributed by atoms with E-state index in [-0.39, 0.29) is 17.0 Å². The molecule has 18 heavy (non-hydrogen) atoms. The Balaban J connectivity index is 2.46. The first kappa shape index (κ1) is 13.2. The quantitative estimate of drug-likeness (QED) is 0.842. The van der Waals surface area contributed by atoms with Crippen molar-refractivity contribution in [1.29, 1.82) is 0 Å². The standard InChI is InChI=1S/C12H14FNO3S/c13-11-5-4-10(9-15)12(8-11)18(16,17)14-6-2-1-3-7-14/h1-2,4-5,8,15H,3,6-7,9H2. The van der Waals surface area contributed by atoms with Crippen LogP contribution in [-0.2, 0) is 16.6 Å². The summed E-state index contributed by atoms with van der Waals surface area (Å²) < 4.78 is 39.1. The Labute approximate surface area is 105 Å². The Bertz CT molecular complexity index is 569. The largest absolute Gasteiger partial charge is 0.392 e. The molecule has 1 aromatic carbocycles. The first-order valence-corrected chi connectivity index (χ1v) is 7.04. The molecule has 0 amide bonds. The van der Waals surface area contributed by atoms with E-state index in [1.54, 1.807) is 6.08 Å². The molecule has 1 aliphatic rings. The lowest BCUT2D eigenvalue weighted by molar-refractivity contribution is 0.277. The lowest BCUT2D eigenvalue weighted by atomic mass is 10.2. The predicted octanol–water partition coefficient (Wildman–Crippen LogP) is 1.27. The van der Waals surface area contributed by atoms with Crippen LogP contribution in [0.5, 0.6) is 0 Å². The molecule has 0 fully saturated rings. The third-order valence-electron chi connectivity index (χ3n) is 2.84. The summed E-state index contributed by atoms with van der Waals surface area (Å²) in [5.74, 6) is -0.627. The van der Waals surface area contributed by atoms with Crippen molar-refractivity contribution < 1.29 is 17.9 Å². The number of sulfonamides is 1. The minimum absolute atomic E-state index is 0.152. The Morgan fingerprint density at radius 2 is 2.11 bits per heavy atom. The fraction of sp³-hybridized carbons (Fsp3) is 0.333. The molecule has 1 heterocycles. The van der Waals surface area contributed by atoms with E-state index in [9.17, 15) is 12.8 Å². The van der Waals surface area contributed by atoms with E-state index in [4.69, 9.17) is 5.11 Å². The van der Waals surface area contributed by atoms with Gasteiger partial charge >= 0.3 is 0 Å². The van der Waals surface area contributed by atoms with E-state index in [1.807, 2.05) is 6.08 Å². The van der Waals surface area contributed by atoms with Crippen molar-refractivity contribution in [3.8, 4) is 0 Å². The van der Waals surface area contributed by atoms with Gasteiger partial charge in [-0.3, -0.25) is 0 Å². The van der Waals surface area contributed by atoms with Crippen LogP contribution in [-0.4, -0.2) is 30.9 Å². The zero-order chi connectivity index (χ0) is 13.2. The van der Waals surface area contributed by atoms with Gasteiger partial charge in [-0.15, -0.1) is 0 Å². The molecule has 0 aromatic heterocycles. The summed E-state index contributed by atoms with van der Waals surface area (Å²) in [5, 5.41) is 9.15. The summed E-state index contributed by atoms with van der Waals surface area (Å²) in [4.78, 5) is -0.152. The molecule has 0 bridgehead atoms. The van der Waals surface area contributed by atoms with Crippen molar-refractivity contribution in [1.82, 2.24) is 4.31 Å². The summed E-state index contributed by atoms with van der Waals surface area (Å²) in [7, 11) is -3.75. The molecule has 2 rings (SSSR count). The molecular formula is C12H14FNO3S. The molecule has 0 saturated heterocycles. The molecule has 0 unspecified atom stereocenters. The van der Waals surface area contributed by atoms with E-state index in [1.165, 1.54) is 10.4 Å². The van der Waals surface area contributed by atoms with Crippen molar-refractivity contribution in [2.24, 2.45) is 0 Å². The van der Waals surface area contributed by atoms with Crippen LogP contribution < -0.4 is 0 Å². The van der Waals surface area contributed by atoms with Gasteiger partial charge in [0.25, 0.3) is 0 Å². The first-order chi connectivity index (χ1) is 8.55. The summed E-state index contributed by atoms with van der Waals surface area (Å²) >= 11 is 0. The maximum atomic E-state index is 13.2. The average Bonchev–Trinajstić information content (AvgIpc) is 2.39. The van der Waals surface area contributed by atoms with Crippen LogP contribution >= 0.6 is 0 Å². The molecule has 1 N–H and O–H groups in total. The van der Waals surface area contributed by atoms with E-state index in [0.717, 1.165) is 12.1 Å². The molecule has 0 radical (unpaired) electrons. The third kappa shape index (κ3) is 2.45. The average molecular weight is 271 g/mol. The second-order valence-corrected chi connectivity index (χ2v) is 5.94. The molecule has 98 valence electrons. The summed E-state index contributed by atoms with van der Waals surface area (Å²) in [6.45, 7) is 0.225. The number of aliphatic hydroxyl groups excluding tert-OH is 1. The van der Waals surface area contributed by atoms with Crippen molar-refractivity contribution in [2.75, 3.05) is 13.1 Å². The Morgan fingerprint density at radius 3 is 2.72 bits per heavy atom. The van der Waals surface area contributed by atoms with Crippen molar-refractivity contribution >= 4 is 10.0 Å². The first-order valence-electron chi connectivity index (χ1n) is 5.60. The molecule has 4 nitrogen and oxygen atoms in total. The summed E-state index contributed by atoms with van der Waals surface area (Å²) in [6.07, 6.45) is 4.31. The van der Waals surface area contributed by atoms with E-state index in [0.29, 0.717) is 13.0 Å². The second-order valence-electron chi connectivity index (χ2n) is 4.03. The number of aliphatic hydroxyl groups is 1. The fourth-order valence-electron chi connectivity index (χ4n) is 1.88. The highest BCUT2D eigenvalue weighted by Gasteiger charge is 2.27. The van der Waals surface area contributed by atoms with Gasteiger partial charge in [-0.2, -0.15) is 4.31 Å². The van der Waals surface area contributed by atoms with Crippen LogP contribution in [0.4, 0.5) is 4.39 Å². The fourth-order valence-corrected chi connectivity index (χ4v) is 3.51. The van der Waals surface area contributed by atoms with Gasteiger partial charge in [0.15, 0.2) is 0 Å². The molecule has 1 aromatic rings. The number of nitrogens with zero attached hydrogens (tertiary/aromatic N) is 1. The summed E-state index contributed by atoms with van der Waals surface area (Å²) in [5.41, 5.74) is 0.214. The molecule has 6 heteroatoms. The van der Waals surface area contributed by atoms with Gasteiger partial charge in [-0.25, -0.2) is 12.8 Å². The molecule has 0 saturated carbocycles. The molecule has 0 atom stereocenters. The minimum Gasteiger partial charge on any atom is -0.392 e. The van der Waals surface area contributed by atoms with Crippen LogP contribution in [0.1, 0.15) is 12.0 Å². The topological polar surface area (TPSA) is 57.6 Å². The van der Waals surface area contributed by atoms with Gasteiger partial charge in [-0.05, 0) is 24.1 Å². The van der Waals surface area contributed by atoms with Crippen LogP contribution in [0.15, 0.2) is 35.2 Å². The normalized spacial score (nSPS) is 17.0. The van der Waals surface area contributed by atoms with E-state index in [2.05, 4.69) is 0 Å². The molecule has 0 spiro atoms. The summed E-state index contributed by atoms with van der Waals surface area (Å²) in [6, 6.07) is 3.39. The Morgan fingerprint density at radius 1 is 1.33 bits per heavy atom. The van der Waals surface area contributed by atoms with E-state index < -0.39 is 22.4 Å². The van der Waals surface area contributed by atoms with E-state index >= 15 is 0 Å². The maximum absolute atomic E-state index is 13.2. The van der Waals surface area contributed by atoms with Crippen molar-refractivity contribution in [3.63, 3.8) is 0 Å². The smallest absolute Gasteiger partial charge is 0.243 e.